The van der Waals surface area contributed by atoms with E-state index >= 15 is 0 Å². The first kappa shape index (κ1) is 15.2. The average molecular weight is 334 g/mol. The van der Waals surface area contributed by atoms with Crippen LogP contribution in [0.4, 0.5) is 0 Å². The Morgan fingerprint density at radius 2 is 1.80 bits per heavy atom. The number of halogens is 1. The molecule has 0 amide bonds. The molecule has 0 fully saturated rings. The Labute approximate surface area is 129 Å². The van der Waals surface area contributed by atoms with Gasteiger partial charge in [-0.1, -0.05) is 45.0 Å². The number of hydrogen-bond donors (Lipinski definition) is 1. The number of aliphatic hydroxyl groups excluding tert-OH is 1. The van der Waals surface area contributed by atoms with Crippen molar-refractivity contribution in [2.75, 3.05) is 0 Å². The smallest absolute Gasteiger partial charge is 0.0845 e. The van der Waals surface area contributed by atoms with Crippen LogP contribution in [0.5, 0.6) is 0 Å². The molecule has 2 nitrogen and oxygen atoms in total. The standard InChI is InChI=1S/C17H20BrNO/c1-17(2,3)14-6-4-12(5-7-14)8-16(20)13-9-15(18)11-19-10-13/h4-7,9-11,16,20H,8H2,1-3H3. The summed E-state index contributed by atoms with van der Waals surface area (Å²) in [5, 5.41) is 10.3. The zero-order valence-electron chi connectivity index (χ0n) is 12.1. The van der Waals surface area contributed by atoms with E-state index in [2.05, 4.69) is 66.0 Å². The number of pyridine rings is 1. The van der Waals surface area contributed by atoms with Crippen molar-refractivity contribution in [2.45, 2.75) is 38.7 Å². The molecule has 106 valence electrons. The Morgan fingerprint density at radius 3 is 2.35 bits per heavy atom. The quantitative estimate of drug-likeness (QED) is 0.901. The summed E-state index contributed by atoms with van der Waals surface area (Å²) >= 11 is 3.37. The van der Waals surface area contributed by atoms with Crippen molar-refractivity contribution in [2.24, 2.45) is 0 Å². The van der Waals surface area contributed by atoms with E-state index in [0.29, 0.717) is 6.42 Å². The summed E-state index contributed by atoms with van der Waals surface area (Å²) in [6.07, 6.45) is 3.50. The maximum absolute atomic E-state index is 10.3. The number of aliphatic hydroxyl groups is 1. The molecule has 0 radical (unpaired) electrons. The fourth-order valence-corrected chi connectivity index (χ4v) is 2.48. The van der Waals surface area contributed by atoms with Crippen molar-refractivity contribution in [3.8, 4) is 0 Å². The van der Waals surface area contributed by atoms with E-state index < -0.39 is 6.10 Å². The first-order valence-electron chi connectivity index (χ1n) is 6.74. The van der Waals surface area contributed by atoms with Gasteiger partial charge in [-0.05, 0) is 38.5 Å². The van der Waals surface area contributed by atoms with Crippen LogP contribution in [-0.4, -0.2) is 10.1 Å². The lowest BCUT2D eigenvalue weighted by Crippen LogP contribution is -2.11. The maximum atomic E-state index is 10.3. The van der Waals surface area contributed by atoms with E-state index in [0.717, 1.165) is 15.6 Å². The molecule has 1 unspecified atom stereocenters. The molecular weight excluding hydrogens is 314 g/mol. The summed E-state index contributed by atoms with van der Waals surface area (Å²) in [4.78, 5) is 4.09. The van der Waals surface area contributed by atoms with E-state index in [4.69, 9.17) is 0 Å². The van der Waals surface area contributed by atoms with Gasteiger partial charge in [-0.15, -0.1) is 0 Å². The van der Waals surface area contributed by atoms with Gasteiger partial charge in [0, 0.05) is 28.9 Å². The van der Waals surface area contributed by atoms with Crippen molar-refractivity contribution < 1.29 is 5.11 Å². The van der Waals surface area contributed by atoms with Crippen LogP contribution in [0.15, 0.2) is 47.2 Å². The molecule has 1 atom stereocenters. The number of benzene rings is 1. The first-order valence-corrected chi connectivity index (χ1v) is 7.53. The summed E-state index contributed by atoms with van der Waals surface area (Å²) in [6.45, 7) is 6.60. The predicted molar refractivity (Wildman–Crippen MR) is 85.7 cm³/mol. The lowest BCUT2D eigenvalue weighted by Gasteiger charge is -2.19. The minimum absolute atomic E-state index is 0.158. The molecule has 0 aliphatic heterocycles. The molecule has 0 spiro atoms. The molecule has 1 heterocycles. The maximum Gasteiger partial charge on any atom is 0.0845 e. The summed E-state index contributed by atoms with van der Waals surface area (Å²) in [5.41, 5.74) is 3.43. The number of aromatic nitrogens is 1. The van der Waals surface area contributed by atoms with Crippen LogP contribution < -0.4 is 0 Å². The SMILES string of the molecule is CC(C)(C)c1ccc(CC(O)c2cncc(Br)c2)cc1. The van der Waals surface area contributed by atoms with Crippen LogP contribution in [-0.2, 0) is 11.8 Å². The topological polar surface area (TPSA) is 33.1 Å². The van der Waals surface area contributed by atoms with Crippen molar-refractivity contribution in [1.29, 1.82) is 0 Å². The van der Waals surface area contributed by atoms with Crippen LogP contribution in [0.25, 0.3) is 0 Å². The highest BCUT2D eigenvalue weighted by atomic mass is 79.9. The molecule has 3 heteroatoms. The third-order valence-corrected chi connectivity index (χ3v) is 3.79. The van der Waals surface area contributed by atoms with Crippen LogP contribution in [0, 0.1) is 0 Å². The second-order valence-corrected chi connectivity index (χ2v) is 7.02. The molecule has 1 aromatic heterocycles. The third-order valence-electron chi connectivity index (χ3n) is 3.36. The third kappa shape index (κ3) is 3.90. The van der Waals surface area contributed by atoms with Gasteiger partial charge in [-0.3, -0.25) is 4.98 Å². The molecule has 1 aromatic carbocycles. The lowest BCUT2D eigenvalue weighted by molar-refractivity contribution is 0.178. The largest absolute Gasteiger partial charge is 0.388 e. The van der Waals surface area contributed by atoms with Gasteiger partial charge in [-0.2, -0.15) is 0 Å². The van der Waals surface area contributed by atoms with E-state index in [1.54, 1.807) is 12.4 Å². The number of nitrogens with zero attached hydrogens (tertiary/aromatic N) is 1. The van der Waals surface area contributed by atoms with Gasteiger partial charge < -0.3 is 5.11 Å². The summed E-state index contributed by atoms with van der Waals surface area (Å²) in [6, 6.07) is 10.4. The summed E-state index contributed by atoms with van der Waals surface area (Å²) in [5.74, 6) is 0. The first-order chi connectivity index (χ1) is 9.36. The van der Waals surface area contributed by atoms with Crippen LogP contribution in [0.3, 0.4) is 0 Å². The van der Waals surface area contributed by atoms with Gasteiger partial charge in [-0.25, -0.2) is 0 Å². The van der Waals surface area contributed by atoms with E-state index in [1.165, 1.54) is 5.56 Å². The molecule has 2 aromatic rings. The van der Waals surface area contributed by atoms with Crippen molar-refractivity contribution in [1.82, 2.24) is 4.98 Å². The minimum atomic E-state index is -0.527. The van der Waals surface area contributed by atoms with E-state index in [-0.39, 0.29) is 5.41 Å². The highest BCUT2D eigenvalue weighted by molar-refractivity contribution is 9.10. The Balaban J connectivity index is 2.10. The normalized spacial score (nSPS) is 13.2. The second kappa shape index (κ2) is 6.06. The van der Waals surface area contributed by atoms with Crippen molar-refractivity contribution in [3.05, 3.63) is 63.9 Å². The van der Waals surface area contributed by atoms with Crippen molar-refractivity contribution >= 4 is 15.9 Å². The predicted octanol–water partition coefficient (Wildman–Crippen LogP) is 4.42. The molecule has 0 saturated heterocycles. The Morgan fingerprint density at radius 1 is 1.15 bits per heavy atom. The zero-order valence-corrected chi connectivity index (χ0v) is 13.7. The van der Waals surface area contributed by atoms with Crippen molar-refractivity contribution in [3.63, 3.8) is 0 Å². The second-order valence-electron chi connectivity index (χ2n) is 6.10. The van der Waals surface area contributed by atoms with Crippen LogP contribution in [0.2, 0.25) is 0 Å². The van der Waals surface area contributed by atoms with E-state index in [9.17, 15) is 5.11 Å². The molecule has 0 aliphatic rings. The Hall–Kier alpha value is -1.19. The van der Waals surface area contributed by atoms with Gasteiger partial charge >= 0.3 is 0 Å². The fraction of sp³-hybridized carbons (Fsp3) is 0.353. The van der Waals surface area contributed by atoms with Gasteiger partial charge in [0.15, 0.2) is 0 Å². The van der Waals surface area contributed by atoms with Gasteiger partial charge in [0.25, 0.3) is 0 Å². The number of rotatable bonds is 3. The summed E-state index contributed by atoms with van der Waals surface area (Å²) in [7, 11) is 0. The monoisotopic (exact) mass is 333 g/mol. The highest BCUT2D eigenvalue weighted by Crippen LogP contribution is 2.24. The molecule has 1 N–H and O–H groups in total. The molecule has 0 aliphatic carbocycles. The molecule has 0 saturated carbocycles. The zero-order chi connectivity index (χ0) is 14.8. The number of hydrogen-bond acceptors (Lipinski definition) is 2. The van der Waals surface area contributed by atoms with Crippen LogP contribution >= 0.6 is 15.9 Å². The Kier molecular flexibility index (Phi) is 4.61. The minimum Gasteiger partial charge on any atom is -0.388 e. The molecule has 2 rings (SSSR count). The Bertz CT molecular complexity index is 572. The lowest BCUT2D eigenvalue weighted by atomic mass is 9.86. The van der Waals surface area contributed by atoms with E-state index in [1.807, 2.05) is 6.07 Å². The van der Waals surface area contributed by atoms with Crippen LogP contribution in [0.1, 0.15) is 43.6 Å². The molecule has 0 bridgehead atoms. The van der Waals surface area contributed by atoms with Gasteiger partial charge in [0.05, 0.1) is 6.10 Å². The fourth-order valence-electron chi connectivity index (χ4n) is 2.09. The highest BCUT2D eigenvalue weighted by Gasteiger charge is 2.14. The molecule has 20 heavy (non-hydrogen) atoms. The van der Waals surface area contributed by atoms with Gasteiger partial charge in [0.2, 0.25) is 0 Å². The average Bonchev–Trinajstić information content (AvgIpc) is 2.38. The molecular formula is C17H20BrNO. The summed E-state index contributed by atoms with van der Waals surface area (Å²) < 4.78 is 0.886. The van der Waals surface area contributed by atoms with Gasteiger partial charge in [0.1, 0.15) is 0 Å².